The lowest BCUT2D eigenvalue weighted by Crippen LogP contribution is -2.14. The van der Waals surface area contributed by atoms with E-state index < -0.39 is 0 Å². The third kappa shape index (κ3) is 3.17. The summed E-state index contributed by atoms with van der Waals surface area (Å²) in [6.45, 7) is 2.03. The van der Waals surface area contributed by atoms with E-state index in [9.17, 15) is 4.79 Å². The summed E-state index contributed by atoms with van der Waals surface area (Å²) in [5.74, 6) is 0.544. The van der Waals surface area contributed by atoms with Crippen molar-refractivity contribution in [2.75, 3.05) is 5.32 Å². The van der Waals surface area contributed by atoms with Gasteiger partial charge in [-0.15, -0.1) is 10.2 Å². The van der Waals surface area contributed by atoms with Crippen LogP contribution in [0.15, 0.2) is 24.3 Å². The summed E-state index contributed by atoms with van der Waals surface area (Å²) in [6.07, 6.45) is 2.77. The van der Waals surface area contributed by atoms with Crippen LogP contribution in [0.1, 0.15) is 34.9 Å². The SMILES string of the molecule is Cc1ccc(CC(=O)Nc2nnc(C3CC3)s2)cc1. The second-order valence-electron chi connectivity index (χ2n) is 4.93. The summed E-state index contributed by atoms with van der Waals surface area (Å²) < 4.78 is 0. The largest absolute Gasteiger partial charge is 0.300 e. The maximum atomic E-state index is 11.9. The highest BCUT2D eigenvalue weighted by Gasteiger charge is 2.27. The van der Waals surface area contributed by atoms with Gasteiger partial charge in [-0.3, -0.25) is 4.79 Å². The first kappa shape index (κ1) is 12.3. The molecule has 0 bridgehead atoms. The quantitative estimate of drug-likeness (QED) is 0.932. The second-order valence-corrected chi connectivity index (χ2v) is 5.94. The molecule has 3 rings (SSSR count). The summed E-state index contributed by atoms with van der Waals surface area (Å²) in [5, 5.41) is 12.6. The van der Waals surface area contributed by atoms with Crippen LogP contribution in [0.4, 0.5) is 5.13 Å². The predicted molar refractivity (Wildman–Crippen MR) is 75.4 cm³/mol. The summed E-state index contributed by atoms with van der Waals surface area (Å²) in [6, 6.07) is 7.98. The van der Waals surface area contributed by atoms with Crippen molar-refractivity contribution in [3.63, 3.8) is 0 Å². The molecule has 0 radical (unpaired) electrons. The minimum Gasteiger partial charge on any atom is -0.300 e. The Hall–Kier alpha value is -1.75. The molecule has 1 fully saturated rings. The molecule has 0 aliphatic heterocycles. The molecule has 2 aromatic rings. The van der Waals surface area contributed by atoms with Crippen molar-refractivity contribution in [1.82, 2.24) is 10.2 Å². The zero-order valence-electron chi connectivity index (χ0n) is 10.7. The zero-order chi connectivity index (χ0) is 13.2. The summed E-state index contributed by atoms with van der Waals surface area (Å²) in [4.78, 5) is 11.9. The molecule has 0 unspecified atom stereocenters. The fraction of sp³-hybridized carbons (Fsp3) is 0.357. The average Bonchev–Trinajstić information content (AvgIpc) is 3.14. The topological polar surface area (TPSA) is 54.9 Å². The molecule has 1 aromatic carbocycles. The number of aryl methyl sites for hydroxylation is 1. The Labute approximate surface area is 115 Å². The highest BCUT2D eigenvalue weighted by molar-refractivity contribution is 7.15. The van der Waals surface area contributed by atoms with E-state index >= 15 is 0 Å². The lowest BCUT2D eigenvalue weighted by Gasteiger charge is -2.01. The lowest BCUT2D eigenvalue weighted by atomic mass is 10.1. The number of carbonyl (C=O) groups is 1. The smallest absolute Gasteiger partial charge is 0.230 e. The molecule has 0 spiro atoms. The van der Waals surface area contributed by atoms with Crippen molar-refractivity contribution >= 4 is 22.4 Å². The Bertz CT molecular complexity index is 587. The molecule has 0 saturated heterocycles. The van der Waals surface area contributed by atoms with E-state index in [0.717, 1.165) is 10.6 Å². The number of amides is 1. The number of rotatable bonds is 4. The van der Waals surface area contributed by atoms with Crippen molar-refractivity contribution in [3.8, 4) is 0 Å². The lowest BCUT2D eigenvalue weighted by molar-refractivity contribution is -0.115. The summed E-state index contributed by atoms with van der Waals surface area (Å²) in [5.41, 5.74) is 2.21. The number of hydrogen-bond donors (Lipinski definition) is 1. The van der Waals surface area contributed by atoms with Crippen LogP contribution in [-0.4, -0.2) is 16.1 Å². The standard InChI is InChI=1S/C14H15N3OS/c1-9-2-4-10(5-3-9)8-12(18)15-14-17-16-13(19-14)11-6-7-11/h2-5,11H,6-8H2,1H3,(H,15,17,18). The highest BCUT2D eigenvalue weighted by Crippen LogP contribution is 2.42. The third-order valence-corrected chi connectivity index (χ3v) is 4.10. The predicted octanol–water partition coefficient (Wildman–Crippen LogP) is 2.91. The molecule has 1 heterocycles. The molecule has 1 aromatic heterocycles. The van der Waals surface area contributed by atoms with Crippen LogP contribution in [0.3, 0.4) is 0 Å². The van der Waals surface area contributed by atoms with Crippen LogP contribution < -0.4 is 5.32 Å². The monoisotopic (exact) mass is 273 g/mol. The van der Waals surface area contributed by atoms with Gasteiger partial charge < -0.3 is 5.32 Å². The highest BCUT2D eigenvalue weighted by atomic mass is 32.1. The Balaban J connectivity index is 1.59. The number of carbonyl (C=O) groups excluding carboxylic acids is 1. The third-order valence-electron chi connectivity index (χ3n) is 3.10. The Kier molecular flexibility index (Phi) is 3.29. The van der Waals surface area contributed by atoms with E-state index in [1.807, 2.05) is 31.2 Å². The molecule has 4 nitrogen and oxygen atoms in total. The van der Waals surface area contributed by atoms with Gasteiger partial charge in [-0.05, 0) is 25.3 Å². The molecule has 1 saturated carbocycles. The molecule has 1 amide bonds. The van der Waals surface area contributed by atoms with E-state index in [2.05, 4.69) is 15.5 Å². The number of hydrogen-bond acceptors (Lipinski definition) is 4. The number of aromatic nitrogens is 2. The van der Waals surface area contributed by atoms with Crippen molar-refractivity contribution < 1.29 is 4.79 Å². The maximum Gasteiger partial charge on any atom is 0.230 e. The van der Waals surface area contributed by atoms with Gasteiger partial charge in [0.15, 0.2) is 0 Å². The Morgan fingerprint density at radius 1 is 1.32 bits per heavy atom. The minimum absolute atomic E-state index is 0.0395. The van der Waals surface area contributed by atoms with E-state index in [1.54, 1.807) is 0 Å². The second kappa shape index (κ2) is 5.09. The van der Waals surface area contributed by atoms with Crippen LogP contribution in [0.25, 0.3) is 0 Å². The molecular weight excluding hydrogens is 258 g/mol. The van der Waals surface area contributed by atoms with Gasteiger partial charge in [-0.25, -0.2) is 0 Å². The van der Waals surface area contributed by atoms with E-state index in [1.165, 1.54) is 29.7 Å². The van der Waals surface area contributed by atoms with Crippen LogP contribution in [0.2, 0.25) is 0 Å². The van der Waals surface area contributed by atoms with Crippen LogP contribution in [0, 0.1) is 6.92 Å². The van der Waals surface area contributed by atoms with Gasteiger partial charge in [-0.1, -0.05) is 41.2 Å². The molecule has 1 aliphatic rings. The number of anilines is 1. The summed E-state index contributed by atoms with van der Waals surface area (Å²) in [7, 11) is 0. The van der Waals surface area contributed by atoms with Gasteiger partial charge in [-0.2, -0.15) is 0 Å². The minimum atomic E-state index is -0.0395. The van der Waals surface area contributed by atoms with Crippen molar-refractivity contribution in [2.45, 2.75) is 32.1 Å². The van der Waals surface area contributed by atoms with Gasteiger partial charge in [0.05, 0.1) is 6.42 Å². The van der Waals surface area contributed by atoms with E-state index in [0.29, 0.717) is 17.5 Å². The van der Waals surface area contributed by atoms with Crippen molar-refractivity contribution in [2.24, 2.45) is 0 Å². The fourth-order valence-corrected chi connectivity index (χ4v) is 2.76. The zero-order valence-corrected chi connectivity index (χ0v) is 11.5. The molecule has 1 N–H and O–H groups in total. The normalized spacial score (nSPS) is 14.4. The van der Waals surface area contributed by atoms with Crippen LogP contribution in [-0.2, 0) is 11.2 Å². The van der Waals surface area contributed by atoms with Gasteiger partial charge >= 0.3 is 0 Å². The van der Waals surface area contributed by atoms with Gasteiger partial charge in [0.1, 0.15) is 5.01 Å². The Morgan fingerprint density at radius 3 is 2.74 bits per heavy atom. The molecule has 19 heavy (non-hydrogen) atoms. The first-order valence-corrected chi connectivity index (χ1v) is 7.21. The Morgan fingerprint density at radius 2 is 2.05 bits per heavy atom. The number of nitrogens with zero attached hydrogens (tertiary/aromatic N) is 2. The molecule has 98 valence electrons. The summed E-state index contributed by atoms with van der Waals surface area (Å²) >= 11 is 1.49. The molecule has 0 atom stereocenters. The van der Waals surface area contributed by atoms with Crippen molar-refractivity contribution in [1.29, 1.82) is 0 Å². The first-order chi connectivity index (χ1) is 9.20. The molecule has 5 heteroatoms. The van der Waals surface area contributed by atoms with Gasteiger partial charge in [0, 0.05) is 5.92 Å². The van der Waals surface area contributed by atoms with Crippen LogP contribution >= 0.6 is 11.3 Å². The fourth-order valence-electron chi connectivity index (χ4n) is 1.84. The van der Waals surface area contributed by atoms with E-state index in [4.69, 9.17) is 0 Å². The van der Waals surface area contributed by atoms with Gasteiger partial charge in [0.2, 0.25) is 11.0 Å². The van der Waals surface area contributed by atoms with Gasteiger partial charge in [0.25, 0.3) is 0 Å². The van der Waals surface area contributed by atoms with E-state index in [-0.39, 0.29) is 5.91 Å². The van der Waals surface area contributed by atoms with Crippen molar-refractivity contribution in [3.05, 3.63) is 40.4 Å². The van der Waals surface area contributed by atoms with Crippen LogP contribution in [0.5, 0.6) is 0 Å². The molecular formula is C14H15N3OS. The number of nitrogens with one attached hydrogen (secondary N) is 1. The maximum absolute atomic E-state index is 11.9. The average molecular weight is 273 g/mol. The first-order valence-electron chi connectivity index (χ1n) is 6.39. The number of benzene rings is 1. The molecule has 1 aliphatic carbocycles.